The average Bonchev–Trinajstić information content (AvgIpc) is 2.36. The van der Waals surface area contributed by atoms with Crippen molar-refractivity contribution >= 4 is 24.4 Å². The van der Waals surface area contributed by atoms with Crippen LogP contribution in [-0.2, 0) is 16.0 Å². The van der Waals surface area contributed by atoms with Crippen LogP contribution in [-0.4, -0.2) is 24.9 Å². The number of nitrogens with one attached hydrogen (secondary N) is 2. The predicted octanol–water partition coefficient (Wildman–Crippen LogP) is 1.41. The highest BCUT2D eigenvalue weighted by Gasteiger charge is 2.06. The van der Waals surface area contributed by atoms with Gasteiger partial charge in [0, 0.05) is 11.4 Å². The van der Waals surface area contributed by atoms with Crippen LogP contribution in [0.5, 0.6) is 0 Å². The minimum atomic E-state index is -0.161. The molecule has 0 aliphatic heterocycles. The lowest BCUT2D eigenvalue weighted by Gasteiger charge is -2.08. The molecule has 0 bridgehead atoms. The molecule has 0 fully saturated rings. The number of hydrogen-bond donors (Lipinski definition) is 3. The first kappa shape index (κ1) is 15.6. The van der Waals surface area contributed by atoms with E-state index >= 15 is 0 Å². The third-order valence-corrected chi connectivity index (χ3v) is 2.75. The normalized spacial score (nSPS) is 10.3. The lowest BCUT2D eigenvalue weighted by Crippen LogP contribution is -2.38. The molecule has 0 heterocycles. The van der Waals surface area contributed by atoms with Crippen molar-refractivity contribution in [3.05, 3.63) is 29.8 Å². The minimum Gasteiger partial charge on any atom is -0.354 e. The van der Waals surface area contributed by atoms with Crippen molar-refractivity contribution in [3.8, 4) is 0 Å². The largest absolute Gasteiger partial charge is 0.354 e. The second-order valence-electron chi connectivity index (χ2n) is 4.82. The number of hydrogen-bond acceptors (Lipinski definition) is 3. The molecule has 1 aromatic carbocycles. The van der Waals surface area contributed by atoms with E-state index in [1.54, 1.807) is 0 Å². The molecular weight excluding hydrogens is 260 g/mol. The van der Waals surface area contributed by atoms with Gasteiger partial charge >= 0.3 is 0 Å². The Morgan fingerprint density at radius 3 is 2.32 bits per heavy atom. The summed E-state index contributed by atoms with van der Waals surface area (Å²) in [6.07, 6.45) is 0.269. The fourth-order valence-corrected chi connectivity index (χ4v) is 1.57. The van der Waals surface area contributed by atoms with Crippen LogP contribution in [0.3, 0.4) is 0 Å². The van der Waals surface area contributed by atoms with Crippen LogP contribution in [0.2, 0.25) is 0 Å². The van der Waals surface area contributed by atoms with Crippen molar-refractivity contribution in [2.24, 2.45) is 5.92 Å². The van der Waals surface area contributed by atoms with Crippen molar-refractivity contribution in [2.75, 3.05) is 13.1 Å². The smallest absolute Gasteiger partial charge is 0.239 e. The van der Waals surface area contributed by atoms with Gasteiger partial charge in [-0.15, -0.1) is 12.6 Å². The van der Waals surface area contributed by atoms with Crippen molar-refractivity contribution in [3.63, 3.8) is 0 Å². The van der Waals surface area contributed by atoms with Gasteiger partial charge in [0.1, 0.15) is 0 Å². The maximum absolute atomic E-state index is 11.6. The first-order valence-electron chi connectivity index (χ1n) is 6.28. The fourth-order valence-electron chi connectivity index (χ4n) is 1.42. The van der Waals surface area contributed by atoms with Gasteiger partial charge in [-0.1, -0.05) is 26.0 Å². The van der Waals surface area contributed by atoms with Crippen LogP contribution >= 0.6 is 12.6 Å². The molecule has 0 aromatic heterocycles. The standard InChI is InChI=1S/C14H20N2O2S/c1-10(2)8-15-14(18)9-16-13(17)7-11-3-5-12(19)6-4-11/h3-6,10,19H,7-9H2,1-2H3,(H,15,18)(H,16,17). The average molecular weight is 280 g/mol. The second-order valence-corrected chi connectivity index (χ2v) is 5.33. The van der Waals surface area contributed by atoms with E-state index in [0.29, 0.717) is 12.5 Å². The lowest BCUT2D eigenvalue weighted by atomic mass is 10.1. The Morgan fingerprint density at radius 2 is 1.74 bits per heavy atom. The number of carbonyl (C=O) groups is 2. The maximum Gasteiger partial charge on any atom is 0.239 e. The summed E-state index contributed by atoms with van der Waals surface area (Å²) in [5, 5.41) is 5.34. The molecule has 0 aliphatic carbocycles. The summed E-state index contributed by atoms with van der Waals surface area (Å²) < 4.78 is 0. The fraction of sp³-hybridized carbons (Fsp3) is 0.429. The number of amides is 2. The molecule has 0 aliphatic rings. The lowest BCUT2D eigenvalue weighted by molar-refractivity contribution is -0.125. The highest BCUT2D eigenvalue weighted by molar-refractivity contribution is 7.80. The molecule has 1 aromatic rings. The van der Waals surface area contributed by atoms with Crippen LogP contribution in [0.15, 0.2) is 29.2 Å². The summed E-state index contributed by atoms with van der Waals surface area (Å²) in [6.45, 7) is 4.68. The van der Waals surface area contributed by atoms with Gasteiger partial charge in [-0.25, -0.2) is 0 Å². The number of rotatable bonds is 6. The van der Waals surface area contributed by atoms with Gasteiger partial charge in [0.2, 0.25) is 11.8 Å². The summed E-state index contributed by atoms with van der Waals surface area (Å²) >= 11 is 4.18. The van der Waals surface area contributed by atoms with Gasteiger partial charge in [0.15, 0.2) is 0 Å². The van der Waals surface area contributed by atoms with E-state index < -0.39 is 0 Å². The second kappa shape index (κ2) is 7.84. The maximum atomic E-state index is 11.6. The molecule has 2 amide bonds. The molecule has 1 rings (SSSR count). The SMILES string of the molecule is CC(C)CNC(=O)CNC(=O)Cc1ccc(S)cc1. The monoisotopic (exact) mass is 280 g/mol. The molecule has 0 saturated carbocycles. The molecule has 0 unspecified atom stereocenters. The molecule has 0 spiro atoms. The van der Waals surface area contributed by atoms with Crippen molar-refractivity contribution in [1.82, 2.24) is 10.6 Å². The van der Waals surface area contributed by atoms with Gasteiger partial charge < -0.3 is 10.6 Å². The van der Waals surface area contributed by atoms with E-state index in [-0.39, 0.29) is 24.8 Å². The Balaban J connectivity index is 2.28. The molecule has 5 heteroatoms. The van der Waals surface area contributed by atoms with Gasteiger partial charge in [0.05, 0.1) is 13.0 Å². The highest BCUT2D eigenvalue weighted by atomic mass is 32.1. The van der Waals surface area contributed by atoms with Crippen molar-refractivity contribution in [2.45, 2.75) is 25.2 Å². The topological polar surface area (TPSA) is 58.2 Å². The molecule has 19 heavy (non-hydrogen) atoms. The Hall–Kier alpha value is -1.49. The number of carbonyl (C=O) groups excluding carboxylic acids is 2. The van der Waals surface area contributed by atoms with Crippen LogP contribution in [0.1, 0.15) is 19.4 Å². The van der Waals surface area contributed by atoms with Crippen molar-refractivity contribution in [1.29, 1.82) is 0 Å². The zero-order valence-electron chi connectivity index (χ0n) is 11.3. The van der Waals surface area contributed by atoms with Gasteiger partial charge in [-0.05, 0) is 23.6 Å². The van der Waals surface area contributed by atoms with E-state index in [1.165, 1.54) is 0 Å². The Labute approximate surface area is 119 Å². The zero-order valence-corrected chi connectivity index (χ0v) is 12.2. The van der Waals surface area contributed by atoms with Gasteiger partial charge in [-0.2, -0.15) is 0 Å². The van der Waals surface area contributed by atoms with Crippen molar-refractivity contribution < 1.29 is 9.59 Å². The Morgan fingerprint density at radius 1 is 1.11 bits per heavy atom. The van der Waals surface area contributed by atoms with E-state index in [1.807, 2.05) is 38.1 Å². The van der Waals surface area contributed by atoms with Crippen LogP contribution in [0, 0.1) is 5.92 Å². The summed E-state index contributed by atoms with van der Waals surface area (Å²) in [5.41, 5.74) is 0.901. The Bertz CT molecular complexity index is 430. The summed E-state index contributed by atoms with van der Waals surface area (Å²) in [7, 11) is 0. The van der Waals surface area contributed by atoms with Crippen LogP contribution in [0.25, 0.3) is 0 Å². The van der Waals surface area contributed by atoms with Crippen LogP contribution in [0.4, 0.5) is 0 Å². The quantitative estimate of drug-likeness (QED) is 0.690. The summed E-state index contributed by atoms with van der Waals surface area (Å²) in [6, 6.07) is 7.36. The number of benzene rings is 1. The summed E-state index contributed by atoms with van der Waals surface area (Å²) in [4.78, 5) is 23.9. The van der Waals surface area contributed by atoms with Gasteiger partial charge in [-0.3, -0.25) is 9.59 Å². The van der Waals surface area contributed by atoms with E-state index in [0.717, 1.165) is 10.5 Å². The third-order valence-electron chi connectivity index (χ3n) is 2.45. The highest BCUT2D eigenvalue weighted by Crippen LogP contribution is 2.07. The predicted molar refractivity (Wildman–Crippen MR) is 78.3 cm³/mol. The number of thiol groups is 1. The first-order chi connectivity index (χ1) is 8.97. The molecule has 4 nitrogen and oxygen atoms in total. The van der Waals surface area contributed by atoms with Gasteiger partial charge in [0.25, 0.3) is 0 Å². The van der Waals surface area contributed by atoms with Crippen LogP contribution < -0.4 is 10.6 Å². The zero-order chi connectivity index (χ0) is 14.3. The molecule has 2 N–H and O–H groups in total. The Kier molecular flexibility index (Phi) is 6.42. The molecular formula is C14H20N2O2S. The molecule has 0 radical (unpaired) electrons. The molecule has 0 saturated heterocycles. The first-order valence-corrected chi connectivity index (χ1v) is 6.73. The van der Waals surface area contributed by atoms with E-state index in [4.69, 9.17) is 0 Å². The van der Waals surface area contributed by atoms with E-state index in [9.17, 15) is 9.59 Å². The summed E-state index contributed by atoms with van der Waals surface area (Å²) in [5.74, 6) is 0.0822. The molecule has 104 valence electrons. The molecule has 0 atom stereocenters. The third kappa shape index (κ3) is 6.86. The minimum absolute atomic E-state index is 0.0240. The van der Waals surface area contributed by atoms with E-state index in [2.05, 4.69) is 23.3 Å².